The molecule has 0 aliphatic carbocycles. The van der Waals surface area contributed by atoms with Crippen molar-refractivity contribution >= 4 is 13.4 Å². The van der Waals surface area contributed by atoms with E-state index in [0.717, 1.165) is 36.7 Å². The molecule has 4 saturated heterocycles. The molecule has 0 aromatic rings. The van der Waals surface area contributed by atoms with Crippen molar-refractivity contribution in [2.24, 2.45) is 0 Å². The first kappa shape index (κ1) is 32.1. The number of quaternary nitrogens is 1. The Morgan fingerprint density at radius 2 is 0.811 bits per heavy atom. The number of hydrogen-bond acceptors (Lipinski definition) is 0. The lowest BCUT2D eigenvalue weighted by atomic mass is 9.26. The summed E-state index contributed by atoms with van der Waals surface area (Å²) in [5, 5.41) is 0. The monoisotopic (exact) mass is 575 g/mol. The molecule has 0 spiro atoms. The van der Waals surface area contributed by atoms with E-state index >= 15 is 0 Å². The Morgan fingerprint density at radius 3 is 1.16 bits per heavy atom. The minimum atomic E-state index is 0. The van der Waals surface area contributed by atoms with E-state index in [1.165, 1.54) is 88.3 Å². The Labute approximate surface area is 245 Å². The first-order valence-corrected chi connectivity index (χ1v) is 17.5. The van der Waals surface area contributed by atoms with Crippen LogP contribution in [-0.4, -0.2) is 44.6 Å². The highest BCUT2D eigenvalue weighted by atomic mass is 79.9. The van der Waals surface area contributed by atoms with Gasteiger partial charge < -0.3 is 21.5 Å². The second-order valence-corrected chi connectivity index (χ2v) is 14.6. The maximum absolute atomic E-state index is 2.60. The molecular weight excluding hydrogens is 512 g/mol. The fourth-order valence-corrected chi connectivity index (χ4v) is 9.90. The van der Waals surface area contributed by atoms with Crippen LogP contribution in [0.2, 0.25) is 35.9 Å². The van der Waals surface area contributed by atoms with Gasteiger partial charge in [0.1, 0.15) is 13.4 Å². The Morgan fingerprint density at radius 1 is 0.486 bits per heavy atom. The number of hydrogen-bond donors (Lipinski definition) is 0. The van der Waals surface area contributed by atoms with Gasteiger partial charge in [0.25, 0.3) is 0 Å². The van der Waals surface area contributed by atoms with E-state index in [2.05, 4.69) is 14.0 Å². The van der Waals surface area contributed by atoms with Gasteiger partial charge in [-0.2, -0.15) is 0 Å². The van der Waals surface area contributed by atoms with Crippen molar-refractivity contribution in [2.75, 3.05) is 26.7 Å². The lowest BCUT2D eigenvalue weighted by Crippen LogP contribution is -3.00. The SMILES string of the molecule is CCCC[N+](C)(CCCCCCB1C2CCCC1CCC2)CCCCCCB1C2CCCC1CCC2.[Br-]. The number of rotatable bonds is 17. The highest BCUT2D eigenvalue weighted by Gasteiger charge is 2.39. The van der Waals surface area contributed by atoms with Crippen LogP contribution in [-0.2, 0) is 0 Å². The molecule has 0 atom stereocenters. The van der Waals surface area contributed by atoms with Crippen molar-refractivity contribution in [2.45, 2.75) is 184 Å². The number of unbranched alkanes of at least 4 members (excludes halogenated alkanes) is 7. The van der Waals surface area contributed by atoms with E-state index < -0.39 is 0 Å². The molecule has 37 heavy (non-hydrogen) atoms. The van der Waals surface area contributed by atoms with Gasteiger partial charge in [-0.1, -0.05) is 152 Å². The van der Waals surface area contributed by atoms with Crippen molar-refractivity contribution in [1.82, 2.24) is 0 Å². The normalized spacial score (nSPS) is 29.0. The first-order valence-electron chi connectivity index (χ1n) is 17.5. The van der Waals surface area contributed by atoms with Crippen LogP contribution in [0.5, 0.6) is 0 Å². The fraction of sp³-hybridized carbons (Fsp3) is 1.00. The Bertz CT molecular complexity index is 513. The Balaban J connectivity index is 0.00000380. The highest BCUT2D eigenvalue weighted by Crippen LogP contribution is 2.49. The standard InChI is InChI=1S/C33H64B2N.BrH/c1-3-4-27-36(2,28-11-7-5-9-25-34-30-17-13-18-31(34)20-14-19-30)29-12-8-6-10-26-35-32-21-15-22-33(35)24-16-23-32;/h30-33H,3-29H2,1-2H3;1H/q+1;/p-1. The van der Waals surface area contributed by atoms with Gasteiger partial charge in [-0.25, -0.2) is 0 Å². The van der Waals surface area contributed by atoms with Gasteiger partial charge >= 0.3 is 0 Å². The second kappa shape index (κ2) is 17.4. The quantitative estimate of drug-likeness (QED) is 0.0953. The summed E-state index contributed by atoms with van der Waals surface area (Å²) in [7, 11) is 2.60. The van der Waals surface area contributed by atoms with Crippen LogP contribution in [0.3, 0.4) is 0 Å². The smallest absolute Gasteiger partial charge is 0.146 e. The zero-order valence-electron chi connectivity index (χ0n) is 25.4. The van der Waals surface area contributed by atoms with Crippen molar-refractivity contribution < 1.29 is 21.5 Å². The van der Waals surface area contributed by atoms with Gasteiger partial charge in [-0.15, -0.1) is 0 Å². The van der Waals surface area contributed by atoms with Gasteiger partial charge in [0.05, 0.1) is 26.7 Å². The number of fused-ring (bicyclic) bond motifs is 4. The first-order chi connectivity index (χ1) is 17.7. The minimum Gasteiger partial charge on any atom is -1.00 e. The average molecular weight is 576 g/mol. The Hall–Kier alpha value is 0.570. The molecule has 4 heterocycles. The summed E-state index contributed by atoms with van der Waals surface area (Å²) < 4.78 is 1.37. The van der Waals surface area contributed by atoms with E-state index in [0.29, 0.717) is 0 Å². The lowest BCUT2D eigenvalue weighted by Gasteiger charge is -2.40. The van der Waals surface area contributed by atoms with Gasteiger partial charge in [-0.05, 0) is 32.1 Å². The van der Waals surface area contributed by atoms with Crippen LogP contribution in [0, 0.1) is 0 Å². The number of halogens is 1. The molecule has 4 heteroatoms. The van der Waals surface area contributed by atoms with Gasteiger partial charge in [0.15, 0.2) is 0 Å². The zero-order chi connectivity index (χ0) is 25.1. The number of nitrogens with zero attached hydrogens (tertiary/aromatic N) is 1. The molecule has 4 rings (SSSR count). The van der Waals surface area contributed by atoms with Gasteiger partial charge in [0, 0.05) is 0 Å². The maximum atomic E-state index is 2.60. The molecule has 0 N–H and O–H groups in total. The lowest BCUT2D eigenvalue weighted by molar-refractivity contribution is -0.910. The van der Waals surface area contributed by atoms with Crippen LogP contribution in [0.15, 0.2) is 0 Å². The summed E-state index contributed by atoms with van der Waals surface area (Å²) in [5.74, 6) is 4.48. The molecule has 4 bridgehead atoms. The summed E-state index contributed by atoms with van der Waals surface area (Å²) >= 11 is 0. The molecule has 0 unspecified atom stereocenters. The molecule has 4 fully saturated rings. The van der Waals surface area contributed by atoms with E-state index in [1.54, 1.807) is 89.7 Å². The van der Waals surface area contributed by atoms with E-state index in [-0.39, 0.29) is 17.0 Å². The molecule has 4 aliphatic rings. The van der Waals surface area contributed by atoms with Crippen LogP contribution in [0.4, 0.5) is 0 Å². The molecule has 0 saturated carbocycles. The topological polar surface area (TPSA) is 0 Å². The molecule has 0 radical (unpaired) electrons. The summed E-state index contributed by atoms with van der Waals surface area (Å²) in [4.78, 5) is 0. The van der Waals surface area contributed by atoms with Crippen LogP contribution in [0.25, 0.3) is 0 Å². The third kappa shape index (κ3) is 10.2. The molecule has 0 aromatic carbocycles. The third-order valence-electron chi connectivity index (χ3n) is 12.0. The predicted molar refractivity (Wildman–Crippen MR) is 164 cm³/mol. The molecule has 214 valence electrons. The third-order valence-corrected chi connectivity index (χ3v) is 12.0. The van der Waals surface area contributed by atoms with E-state index in [9.17, 15) is 0 Å². The Kier molecular flexibility index (Phi) is 15.1. The predicted octanol–water partition coefficient (Wildman–Crippen LogP) is 7.56. The summed E-state index contributed by atoms with van der Waals surface area (Å²) in [6.07, 6.45) is 36.6. The zero-order valence-corrected chi connectivity index (χ0v) is 27.0. The minimum absolute atomic E-state index is 0. The van der Waals surface area contributed by atoms with Crippen molar-refractivity contribution in [3.63, 3.8) is 0 Å². The largest absolute Gasteiger partial charge is 1.00 e. The molecule has 1 nitrogen and oxygen atoms in total. The molecular formula is C33H64B2BrN. The van der Waals surface area contributed by atoms with Crippen molar-refractivity contribution in [3.05, 3.63) is 0 Å². The van der Waals surface area contributed by atoms with E-state index in [1.807, 2.05) is 0 Å². The van der Waals surface area contributed by atoms with Crippen molar-refractivity contribution in [1.29, 1.82) is 0 Å². The van der Waals surface area contributed by atoms with Gasteiger partial charge in [0.2, 0.25) is 0 Å². The summed E-state index contributed by atoms with van der Waals surface area (Å²) in [6, 6.07) is 0. The average Bonchev–Trinajstić information content (AvgIpc) is 2.86. The summed E-state index contributed by atoms with van der Waals surface area (Å²) in [6.45, 7) is 8.94. The van der Waals surface area contributed by atoms with E-state index in [4.69, 9.17) is 0 Å². The fourth-order valence-electron chi connectivity index (χ4n) is 9.90. The van der Waals surface area contributed by atoms with Crippen LogP contribution < -0.4 is 17.0 Å². The highest BCUT2D eigenvalue weighted by molar-refractivity contribution is 6.63. The van der Waals surface area contributed by atoms with Crippen LogP contribution in [0.1, 0.15) is 148 Å². The van der Waals surface area contributed by atoms with Gasteiger partial charge in [-0.3, -0.25) is 0 Å². The second-order valence-electron chi connectivity index (χ2n) is 14.6. The molecule has 0 amide bonds. The summed E-state index contributed by atoms with van der Waals surface area (Å²) in [5.41, 5.74) is 0. The molecule has 4 aliphatic heterocycles. The van der Waals surface area contributed by atoms with Crippen LogP contribution >= 0.6 is 0 Å². The maximum Gasteiger partial charge on any atom is 0.146 e. The molecule has 0 aromatic heterocycles. The van der Waals surface area contributed by atoms with Crippen molar-refractivity contribution in [3.8, 4) is 0 Å².